The van der Waals surface area contributed by atoms with Gasteiger partial charge in [0.1, 0.15) is 0 Å². The molecule has 1 aromatic heterocycles. The fraction of sp³-hybridized carbons (Fsp3) is 0.444. The molecule has 1 aromatic rings. The van der Waals surface area contributed by atoms with Crippen molar-refractivity contribution in [1.29, 1.82) is 0 Å². The molecule has 0 saturated carbocycles. The molecule has 0 spiro atoms. The van der Waals surface area contributed by atoms with E-state index < -0.39 is 0 Å². The summed E-state index contributed by atoms with van der Waals surface area (Å²) in [4.78, 5) is 12.0. The molecule has 0 unspecified atom stereocenters. The zero-order valence-corrected chi connectivity index (χ0v) is 8.70. The molecule has 0 atom stereocenters. The van der Waals surface area contributed by atoms with Crippen LogP contribution in [-0.4, -0.2) is 12.5 Å². The standard InChI is InChI=1S/C9H14N2OS/c1-3-10-6-9-8(4-5-13-9)11-7(2)12/h4-5,10H,3,6H2,1-2H3,(H,11,12). The molecule has 3 nitrogen and oxygen atoms in total. The molecule has 0 aliphatic carbocycles. The highest BCUT2D eigenvalue weighted by atomic mass is 32.1. The summed E-state index contributed by atoms with van der Waals surface area (Å²) in [5.74, 6) is -0.0175. The summed E-state index contributed by atoms with van der Waals surface area (Å²) >= 11 is 1.65. The highest BCUT2D eigenvalue weighted by Crippen LogP contribution is 2.21. The maximum Gasteiger partial charge on any atom is 0.221 e. The zero-order valence-electron chi connectivity index (χ0n) is 7.89. The second-order valence-electron chi connectivity index (χ2n) is 2.72. The third-order valence-corrected chi connectivity index (χ3v) is 2.51. The monoisotopic (exact) mass is 198 g/mol. The van der Waals surface area contributed by atoms with Crippen LogP contribution in [0.5, 0.6) is 0 Å². The Bertz CT molecular complexity index is 283. The van der Waals surface area contributed by atoms with Crippen molar-refractivity contribution in [1.82, 2.24) is 5.32 Å². The molecule has 1 rings (SSSR count). The van der Waals surface area contributed by atoms with Crippen LogP contribution in [0, 0.1) is 0 Å². The van der Waals surface area contributed by atoms with Gasteiger partial charge in [-0.05, 0) is 18.0 Å². The highest BCUT2D eigenvalue weighted by Gasteiger charge is 2.03. The Labute approximate surface area is 82.2 Å². The number of thiophene rings is 1. The summed E-state index contributed by atoms with van der Waals surface area (Å²) < 4.78 is 0. The largest absolute Gasteiger partial charge is 0.325 e. The van der Waals surface area contributed by atoms with Gasteiger partial charge in [0.2, 0.25) is 5.91 Å². The van der Waals surface area contributed by atoms with Crippen LogP contribution in [0.15, 0.2) is 11.4 Å². The SMILES string of the molecule is CCNCc1sccc1NC(C)=O. The summed E-state index contributed by atoms with van der Waals surface area (Å²) in [5, 5.41) is 8.00. The Balaban J connectivity index is 2.60. The normalized spacial score (nSPS) is 10.0. The summed E-state index contributed by atoms with van der Waals surface area (Å²) in [6, 6.07) is 1.93. The van der Waals surface area contributed by atoms with E-state index in [0.29, 0.717) is 0 Å². The van der Waals surface area contributed by atoms with E-state index in [1.807, 2.05) is 11.4 Å². The van der Waals surface area contributed by atoms with Gasteiger partial charge in [0.25, 0.3) is 0 Å². The van der Waals surface area contributed by atoms with Crippen molar-refractivity contribution >= 4 is 22.9 Å². The van der Waals surface area contributed by atoms with Gasteiger partial charge < -0.3 is 10.6 Å². The number of anilines is 1. The lowest BCUT2D eigenvalue weighted by atomic mass is 10.3. The molecule has 0 saturated heterocycles. The minimum atomic E-state index is -0.0175. The Morgan fingerprint density at radius 3 is 3.00 bits per heavy atom. The van der Waals surface area contributed by atoms with Crippen LogP contribution in [-0.2, 0) is 11.3 Å². The van der Waals surface area contributed by atoms with Gasteiger partial charge in [-0.2, -0.15) is 0 Å². The van der Waals surface area contributed by atoms with E-state index in [-0.39, 0.29) is 5.91 Å². The maximum absolute atomic E-state index is 10.8. The van der Waals surface area contributed by atoms with Crippen LogP contribution < -0.4 is 10.6 Å². The van der Waals surface area contributed by atoms with E-state index in [1.54, 1.807) is 11.3 Å². The molecule has 0 aromatic carbocycles. The van der Waals surface area contributed by atoms with Crippen LogP contribution in [0.2, 0.25) is 0 Å². The summed E-state index contributed by atoms with van der Waals surface area (Å²) in [5.41, 5.74) is 0.929. The number of nitrogens with one attached hydrogen (secondary N) is 2. The van der Waals surface area contributed by atoms with Gasteiger partial charge in [-0.15, -0.1) is 11.3 Å². The van der Waals surface area contributed by atoms with Crippen molar-refractivity contribution < 1.29 is 4.79 Å². The Morgan fingerprint density at radius 1 is 1.62 bits per heavy atom. The first-order chi connectivity index (χ1) is 6.24. The number of hydrogen-bond acceptors (Lipinski definition) is 3. The molecule has 13 heavy (non-hydrogen) atoms. The average molecular weight is 198 g/mol. The van der Waals surface area contributed by atoms with Gasteiger partial charge >= 0.3 is 0 Å². The van der Waals surface area contributed by atoms with E-state index in [2.05, 4.69) is 17.6 Å². The van der Waals surface area contributed by atoms with Gasteiger partial charge in [0, 0.05) is 18.3 Å². The molecule has 0 aliphatic rings. The van der Waals surface area contributed by atoms with Crippen molar-refractivity contribution in [2.45, 2.75) is 20.4 Å². The molecular formula is C9H14N2OS. The lowest BCUT2D eigenvalue weighted by Crippen LogP contribution is -2.13. The summed E-state index contributed by atoms with van der Waals surface area (Å²) in [6.07, 6.45) is 0. The number of carbonyl (C=O) groups is 1. The Kier molecular flexibility index (Phi) is 3.92. The predicted octanol–water partition coefficient (Wildman–Crippen LogP) is 1.82. The van der Waals surface area contributed by atoms with Crippen LogP contribution in [0.4, 0.5) is 5.69 Å². The van der Waals surface area contributed by atoms with E-state index >= 15 is 0 Å². The van der Waals surface area contributed by atoms with E-state index in [1.165, 1.54) is 11.8 Å². The van der Waals surface area contributed by atoms with Crippen molar-refractivity contribution in [2.75, 3.05) is 11.9 Å². The fourth-order valence-corrected chi connectivity index (χ4v) is 1.82. The number of amides is 1. The minimum Gasteiger partial charge on any atom is -0.325 e. The van der Waals surface area contributed by atoms with Crippen molar-refractivity contribution in [3.63, 3.8) is 0 Å². The number of hydrogen-bond donors (Lipinski definition) is 2. The average Bonchev–Trinajstić information content (AvgIpc) is 2.48. The van der Waals surface area contributed by atoms with Crippen molar-refractivity contribution in [2.24, 2.45) is 0 Å². The van der Waals surface area contributed by atoms with Crippen LogP contribution in [0.3, 0.4) is 0 Å². The van der Waals surface area contributed by atoms with Crippen molar-refractivity contribution in [3.05, 3.63) is 16.3 Å². The van der Waals surface area contributed by atoms with Crippen LogP contribution >= 0.6 is 11.3 Å². The molecule has 72 valence electrons. The quantitative estimate of drug-likeness (QED) is 0.774. The number of rotatable bonds is 4. The van der Waals surface area contributed by atoms with Gasteiger partial charge in [-0.1, -0.05) is 6.92 Å². The first-order valence-electron chi connectivity index (χ1n) is 4.28. The topological polar surface area (TPSA) is 41.1 Å². The first kappa shape index (κ1) is 10.2. The lowest BCUT2D eigenvalue weighted by Gasteiger charge is -2.03. The molecule has 0 fully saturated rings. The molecule has 2 N–H and O–H groups in total. The van der Waals surface area contributed by atoms with Crippen LogP contribution in [0.1, 0.15) is 18.7 Å². The van der Waals surface area contributed by atoms with Gasteiger partial charge in [-0.25, -0.2) is 0 Å². The lowest BCUT2D eigenvalue weighted by molar-refractivity contribution is -0.114. The molecule has 0 aliphatic heterocycles. The maximum atomic E-state index is 10.8. The molecule has 4 heteroatoms. The molecule has 0 radical (unpaired) electrons. The van der Waals surface area contributed by atoms with Crippen LogP contribution in [0.25, 0.3) is 0 Å². The van der Waals surface area contributed by atoms with E-state index in [9.17, 15) is 4.79 Å². The van der Waals surface area contributed by atoms with Crippen molar-refractivity contribution in [3.8, 4) is 0 Å². The summed E-state index contributed by atoms with van der Waals surface area (Å²) in [7, 11) is 0. The molecule has 1 amide bonds. The fourth-order valence-electron chi connectivity index (χ4n) is 1.02. The number of carbonyl (C=O) groups excluding carboxylic acids is 1. The Morgan fingerprint density at radius 2 is 2.38 bits per heavy atom. The molecule has 1 heterocycles. The molecule has 0 bridgehead atoms. The van der Waals surface area contributed by atoms with Gasteiger partial charge in [0.15, 0.2) is 0 Å². The van der Waals surface area contributed by atoms with E-state index in [0.717, 1.165) is 18.8 Å². The molecular weight excluding hydrogens is 184 g/mol. The Hall–Kier alpha value is -0.870. The predicted molar refractivity (Wildman–Crippen MR) is 56.0 cm³/mol. The second kappa shape index (κ2) is 4.99. The van der Waals surface area contributed by atoms with Gasteiger partial charge in [0.05, 0.1) is 5.69 Å². The zero-order chi connectivity index (χ0) is 9.68. The smallest absolute Gasteiger partial charge is 0.221 e. The second-order valence-corrected chi connectivity index (χ2v) is 3.72. The third-order valence-electron chi connectivity index (χ3n) is 1.59. The van der Waals surface area contributed by atoms with Gasteiger partial charge in [-0.3, -0.25) is 4.79 Å². The summed E-state index contributed by atoms with van der Waals surface area (Å²) in [6.45, 7) is 5.35. The minimum absolute atomic E-state index is 0.0175. The highest BCUT2D eigenvalue weighted by molar-refractivity contribution is 7.10. The third kappa shape index (κ3) is 3.16. The first-order valence-corrected chi connectivity index (χ1v) is 5.16. The van der Waals surface area contributed by atoms with E-state index in [4.69, 9.17) is 0 Å².